The molecule has 1 aromatic heterocycles. The van der Waals surface area contributed by atoms with Crippen molar-refractivity contribution < 1.29 is 0 Å². The summed E-state index contributed by atoms with van der Waals surface area (Å²) in [4.78, 5) is 1.63. The highest BCUT2D eigenvalue weighted by Gasteiger charge is 2.27. The van der Waals surface area contributed by atoms with Crippen molar-refractivity contribution in [1.82, 2.24) is 5.32 Å². The summed E-state index contributed by atoms with van der Waals surface area (Å²) in [6.07, 6.45) is 9.70. The van der Waals surface area contributed by atoms with E-state index in [4.69, 9.17) is 0 Å². The van der Waals surface area contributed by atoms with Gasteiger partial charge in [-0.15, -0.1) is 17.9 Å². The second kappa shape index (κ2) is 6.36. The largest absolute Gasteiger partial charge is 0.316 e. The van der Waals surface area contributed by atoms with E-state index in [1.807, 2.05) is 17.4 Å². The summed E-state index contributed by atoms with van der Waals surface area (Å²) >= 11 is 1.94. The molecular formula is C15H23NS. The monoisotopic (exact) mass is 249 g/mol. The Bertz CT molecular complexity index is 356. The van der Waals surface area contributed by atoms with Crippen LogP contribution in [0.4, 0.5) is 0 Å². The third kappa shape index (κ3) is 2.99. The molecule has 2 rings (SSSR count). The fraction of sp³-hybridized carbons (Fsp3) is 0.600. The summed E-state index contributed by atoms with van der Waals surface area (Å²) in [6.45, 7) is 3.80. The Balaban J connectivity index is 2.03. The van der Waals surface area contributed by atoms with Gasteiger partial charge in [-0.3, -0.25) is 0 Å². The molecule has 2 unspecified atom stereocenters. The van der Waals surface area contributed by atoms with Gasteiger partial charge >= 0.3 is 0 Å². The lowest BCUT2D eigenvalue weighted by Crippen LogP contribution is -2.33. The van der Waals surface area contributed by atoms with Crippen LogP contribution in [0.1, 0.15) is 48.5 Å². The summed E-state index contributed by atoms with van der Waals surface area (Å²) in [5.74, 6) is 0.736. The standard InChI is InChI=1S/C15H23NS/c1-3-4-5-8-14(16-2)12-7-6-9-15-13(12)10-11-17-15/h3,10-12,14,16H,1,4-9H2,2H3. The van der Waals surface area contributed by atoms with Crippen molar-refractivity contribution in [1.29, 1.82) is 0 Å². The molecule has 94 valence electrons. The predicted molar refractivity (Wildman–Crippen MR) is 76.9 cm³/mol. The molecule has 0 bridgehead atoms. The number of hydrogen-bond donors (Lipinski definition) is 1. The summed E-state index contributed by atoms with van der Waals surface area (Å²) in [7, 11) is 2.11. The van der Waals surface area contributed by atoms with Gasteiger partial charge in [-0.2, -0.15) is 0 Å². The maximum Gasteiger partial charge on any atom is 0.0133 e. The second-order valence-corrected chi connectivity index (χ2v) is 5.91. The van der Waals surface area contributed by atoms with Crippen molar-refractivity contribution in [2.24, 2.45) is 0 Å². The number of unbranched alkanes of at least 4 members (excludes halogenated alkanes) is 1. The Labute approximate surface area is 109 Å². The Hall–Kier alpha value is -0.600. The number of aryl methyl sites for hydroxylation is 1. The van der Waals surface area contributed by atoms with Crippen molar-refractivity contribution in [3.63, 3.8) is 0 Å². The van der Waals surface area contributed by atoms with E-state index in [2.05, 4.69) is 30.4 Å². The molecule has 0 radical (unpaired) electrons. The molecule has 0 aromatic carbocycles. The Kier molecular flexibility index (Phi) is 4.81. The maximum absolute atomic E-state index is 3.80. The van der Waals surface area contributed by atoms with E-state index >= 15 is 0 Å². The molecule has 0 saturated heterocycles. The molecule has 1 aliphatic rings. The molecular weight excluding hydrogens is 226 g/mol. The first kappa shape index (κ1) is 12.8. The highest BCUT2D eigenvalue weighted by Crippen LogP contribution is 2.38. The average molecular weight is 249 g/mol. The van der Waals surface area contributed by atoms with E-state index < -0.39 is 0 Å². The zero-order valence-electron chi connectivity index (χ0n) is 10.7. The third-order valence-corrected chi connectivity index (χ3v) is 4.87. The lowest BCUT2D eigenvalue weighted by molar-refractivity contribution is 0.389. The minimum atomic E-state index is 0.642. The normalized spacial score (nSPS) is 20.9. The summed E-state index contributed by atoms with van der Waals surface area (Å²) in [6, 6.07) is 2.99. The van der Waals surface area contributed by atoms with Crippen molar-refractivity contribution in [3.8, 4) is 0 Å². The molecule has 1 aliphatic carbocycles. The zero-order valence-corrected chi connectivity index (χ0v) is 11.6. The quantitative estimate of drug-likeness (QED) is 0.591. The van der Waals surface area contributed by atoms with Gasteiger partial charge in [-0.25, -0.2) is 0 Å². The van der Waals surface area contributed by atoms with Crippen LogP contribution in [0.15, 0.2) is 24.1 Å². The van der Waals surface area contributed by atoms with E-state index in [0.29, 0.717) is 6.04 Å². The van der Waals surface area contributed by atoms with Gasteiger partial charge in [0.25, 0.3) is 0 Å². The van der Waals surface area contributed by atoms with Gasteiger partial charge in [0.15, 0.2) is 0 Å². The molecule has 1 N–H and O–H groups in total. The first-order valence-electron chi connectivity index (χ1n) is 6.71. The van der Waals surface area contributed by atoms with E-state index in [9.17, 15) is 0 Å². The molecule has 2 heteroatoms. The van der Waals surface area contributed by atoms with Crippen molar-refractivity contribution in [2.75, 3.05) is 7.05 Å². The van der Waals surface area contributed by atoms with E-state index in [1.54, 1.807) is 10.4 Å². The summed E-state index contributed by atoms with van der Waals surface area (Å²) in [5, 5.41) is 5.80. The predicted octanol–water partition coefficient (Wildman–Crippen LogP) is 4.11. The van der Waals surface area contributed by atoms with E-state index in [0.717, 1.165) is 12.3 Å². The van der Waals surface area contributed by atoms with Gasteiger partial charge in [0, 0.05) is 16.8 Å². The van der Waals surface area contributed by atoms with Gasteiger partial charge in [0.05, 0.1) is 0 Å². The highest BCUT2D eigenvalue weighted by molar-refractivity contribution is 7.10. The van der Waals surface area contributed by atoms with E-state index in [-0.39, 0.29) is 0 Å². The smallest absolute Gasteiger partial charge is 0.0133 e. The average Bonchev–Trinajstić information content (AvgIpc) is 2.83. The van der Waals surface area contributed by atoms with Crippen LogP contribution in [0, 0.1) is 0 Å². The molecule has 1 aromatic rings. The first-order valence-corrected chi connectivity index (χ1v) is 7.59. The SMILES string of the molecule is C=CCCCC(NC)C1CCCc2sccc21. The van der Waals surface area contributed by atoms with Gasteiger partial charge in [-0.1, -0.05) is 6.08 Å². The summed E-state index contributed by atoms with van der Waals surface area (Å²) < 4.78 is 0. The number of likely N-dealkylation sites (N-methyl/N-ethyl adjacent to an activating group) is 1. The molecule has 2 atom stereocenters. The Morgan fingerprint density at radius 1 is 1.65 bits per heavy atom. The lowest BCUT2D eigenvalue weighted by Gasteiger charge is -2.30. The Morgan fingerprint density at radius 3 is 3.29 bits per heavy atom. The second-order valence-electron chi connectivity index (χ2n) is 4.91. The topological polar surface area (TPSA) is 12.0 Å². The Morgan fingerprint density at radius 2 is 2.53 bits per heavy atom. The van der Waals surface area contributed by atoms with Crippen LogP contribution in [-0.2, 0) is 6.42 Å². The maximum atomic E-state index is 3.80. The van der Waals surface area contributed by atoms with Crippen LogP contribution < -0.4 is 5.32 Å². The van der Waals surface area contributed by atoms with Gasteiger partial charge in [0.2, 0.25) is 0 Å². The number of thiophene rings is 1. The summed E-state index contributed by atoms with van der Waals surface area (Å²) in [5.41, 5.74) is 1.62. The van der Waals surface area contributed by atoms with Crippen molar-refractivity contribution in [3.05, 3.63) is 34.5 Å². The number of nitrogens with one attached hydrogen (secondary N) is 1. The van der Waals surface area contributed by atoms with Crippen LogP contribution in [0.25, 0.3) is 0 Å². The first-order chi connectivity index (χ1) is 8.36. The number of allylic oxidation sites excluding steroid dienone is 1. The highest BCUT2D eigenvalue weighted by atomic mass is 32.1. The van der Waals surface area contributed by atoms with Gasteiger partial charge in [-0.05, 0) is 62.6 Å². The van der Waals surface area contributed by atoms with Crippen LogP contribution in [-0.4, -0.2) is 13.1 Å². The fourth-order valence-electron chi connectivity index (χ4n) is 2.97. The molecule has 0 spiro atoms. The van der Waals surface area contributed by atoms with Crippen LogP contribution >= 0.6 is 11.3 Å². The molecule has 1 nitrogen and oxygen atoms in total. The fourth-order valence-corrected chi connectivity index (χ4v) is 3.97. The lowest BCUT2D eigenvalue weighted by atomic mass is 9.81. The zero-order chi connectivity index (χ0) is 12.1. The molecule has 0 amide bonds. The molecule has 0 saturated carbocycles. The van der Waals surface area contributed by atoms with Crippen LogP contribution in [0.3, 0.4) is 0 Å². The number of fused-ring (bicyclic) bond motifs is 1. The van der Waals surface area contributed by atoms with Gasteiger partial charge in [0.1, 0.15) is 0 Å². The van der Waals surface area contributed by atoms with Crippen molar-refractivity contribution in [2.45, 2.75) is 50.5 Å². The van der Waals surface area contributed by atoms with E-state index in [1.165, 1.54) is 32.1 Å². The minimum Gasteiger partial charge on any atom is -0.316 e. The number of hydrogen-bond acceptors (Lipinski definition) is 2. The third-order valence-electron chi connectivity index (χ3n) is 3.88. The molecule has 1 heterocycles. The molecule has 0 aliphatic heterocycles. The number of rotatable bonds is 6. The van der Waals surface area contributed by atoms with Crippen LogP contribution in [0.5, 0.6) is 0 Å². The minimum absolute atomic E-state index is 0.642. The van der Waals surface area contributed by atoms with Gasteiger partial charge < -0.3 is 5.32 Å². The van der Waals surface area contributed by atoms with Crippen molar-refractivity contribution >= 4 is 11.3 Å². The molecule has 17 heavy (non-hydrogen) atoms. The van der Waals surface area contributed by atoms with Crippen LogP contribution in [0.2, 0.25) is 0 Å². The molecule has 0 fully saturated rings.